The minimum Gasteiger partial charge on any atom is -0.493 e. The number of aromatic nitrogens is 1. The topological polar surface area (TPSA) is 43.4 Å². The van der Waals surface area contributed by atoms with Gasteiger partial charge in [-0.15, -0.1) is 0 Å². The van der Waals surface area contributed by atoms with Crippen molar-refractivity contribution in [1.29, 1.82) is 0 Å². The molecule has 1 aliphatic heterocycles. The van der Waals surface area contributed by atoms with Gasteiger partial charge in [0, 0.05) is 36.8 Å². The molecular formula is C24H26N2O2. The highest BCUT2D eigenvalue weighted by Crippen LogP contribution is 2.28. The molecule has 0 radical (unpaired) electrons. The van der Waals surface area contributed by atoms with E-state index in [-0.39, 0.29) is 0 Å². The number of nitrogens with zero attached hydrogens (tertiary/aromatic N) is 1. The summed E-state index contributed by atoms with van der Waals surface area (Å²) in [6.45, 7) is 1.76. The molecule has 0 saturated heterocycles. The van der Waals surface area contributed by atoms with Gasteiger partial charge in [0.15, 0.2) is 0 Å². The molecule has 4 heteroatoms. The molecule has 1 aromatic heterocycles. The van der Waals surface area contributed by atoms with Crippen molar-refractivity contribution in [2.24, 2.45) is 0 Å². The van der Waals surface area contributed by atoms with Crippen molar-refractivity contribution in [3.8, 4) is 11.5 Å². The molecule has 2 aliphatic rings. The second kappa shape index (κ2) is 7.80. The van der Waals surface area contributed by atoms with Crippen LogP contribution in [0.25, 0.3) is 10.8 Å². The average Bonchev–Trinajstić information content (AvgIpc) is 3.21. The van der Waals surface area contributed by atoms with Crippen LogP contribution in [0.3, 0.4) is 0 Å². The summed E-state index contributed by atoms with van der Waals surface area (Å²) in [6.07, 6.45) is 9.60. The Hall–Kier alpha value is -2.59. The van der Waals surface area contributed by atoms with E-state index in [1.165, 1.54) is 16.5 Å². The number of hydrogen-bond acceptors (Lipinski definition) is 4. The molecule has 1 saturated carbocycles. The third kappa shape index (κ3) is 3.83. The van der Waals surface area contributed by atoms with Gasteiger partial charge in [-0.05, 0) is 72.5 Å². The summed E-state index contributed by atoms with van der Waals surface area (Å²) in [7, 11) is 0. The first kappa shape index (κ1) is 17.5. The summed E-state index contributed by atoms with van der Waals surface area (Å²) < 4.78 is 11.9. The van der Waals surface area contributed by atoms with Crippen LogP contribution in [0, 0.1) is 0 Å². The highest BCUT2D eigenvalue weighted by molar-refractivity contribution is 5.82. The van der Waals surface area contributed by atoms with E-state index in [4.69, 9.17) is 9.47 Å². The van der Waals surface area contributed by atoms with Crippen LogP contribution in [0.1, 0.15) is 36.8 Å². The van der Waals surface area contributed by atoms with E-state index >= 15 is 0 Å². The standard InChI is InChI=1S/C24H26N2O2/c1-8-24-19(10-12-27-24)13-17(1)15-26-21-3-6-22(7-4-21)28-23-5-2-20-16-25-11-9-18(20)14-23/h1-2,5,8-9,11,13-14,16,21-22,26H,3-4,6-7,10,12,15H2. The maximum atomic E-state index is 6.26. The van der Waals surface area contributed by atoms with Gasteiger partial charge in [0.2, 0.25) is 0 Å². The Labute approximate surface area is 165 Å². The third-order valence-corrected chi connectivity index (χ3v) is 5.94. The fourth-order valence-corrected chi connectivity index (χ4v) is 4.32. The molecule has 0 amide bonds. The number of hydrogen-bond donors (Lipinski definition) is 1. The highest BCUT2D eigenvalue weighted by atomic mass is 16.5. The lowest BCUT2D eigenvalue weighted by atomic mass is 9.92. The SMILES string of the molecule is c1cc2cc(OC3CCC(NCc4ccc5c(c4)CCO5)CC3)ccc2cn1. The van der Waals surface area contributed by atoms with Crippen molar-refractivity contribution >= 4 is 10.8 Å². The Bertz CT molecular complexity index is 964. The molecule has 1 aliphatic carbocycles. The molecular weight excluding hydrogens is 348 g/mol. The molecule has 2 aromatic carbocycles. The molecule has 0 unspecified atom stereocenters. The van der Waals surface area contributed by atoms with E-state index in [9.17, 15) is 0 Å². The second-order valence-electron chi connectivity index (χ2n) is 7.90. The summed E-state index contributed by atoms with van der Waals surface area (Å²) in [4.78, 5) is 4.17. The number of benzene rings is 2. The monoisotopic (exact) mass is 374 g/mol. The van der Waals surface area contributed by atoms with Crippen LogP contribution in [0.2, 0.25) is 0 Å². The summed E-state index contributed by atoms with van der Waals surface area (Å²) in [5.41, 5.74) is 2.70. The van der Waals surface area contributed by atoms with Crippen LogP contribution in [-0.2, 0) is 13.0 Å². The van der Waals surface area contributed by atoms with Crippen molar-refractivity contribution in [2.45, 2.75) is 50.8 Å². The Balaban J connectivity index is 1.12. The van der Waals surface area contributed by atoms with Crippen molar-refractivity contribution < 1.29 is 9.47 Å². The number of ether oxygens (including phenoxy) is 2. The van der Waals surface area contributed by atoms with E-state index in [1.807, 2.05) is 18.5 Å². The molecule has 1 fully saturated rings. The number of rotatable bonds is 5. The number of fused-ring (bicyclic) bond motifs is 2. The van der Waals surface area contributed by atoms with Crippen molar-refractivity contribution in [2.75, 3.05) is 6.61 Å². The predicted molar refractivity (Wildman–Crippen MR) is 111 cm³/mol. The van der Waals surface area contributed by atoms with Crippen molar-refractivity contribution in [3.63, 3.8) is 0 Å². The van der Waals surface area contributed by atoms with Gasteiger partial charge >= 0.3 is 0 Å². The summed E-state index contributed by atoms with van der Waals surface area (Å²) in [5.74, 6) is 2.03. The normalized spacial score (nSPS) is 21.3. The number of nitrogens with one attached hydrogen (secondary N) is 1. The maximum Gasteiger partial charge on any atom is 0.122 e. The molecule has 4 nitrogen and oxygen atoms in total. The van der Waals surface area contributed by atoms with Gasteiger partial charge in [0.05, 0.1) is 12.7 Å². The van der Waals surface area contributed by atoms with Gasteiger partial charge in [-0.25, -0.2) is 0 Å². The Morgan fingerprint density at radius 2 is 1.93 bits per heavy atom. The van der Waals surface area contributed by atoms with Crippen LogP contribution < -0.4 is 14.8 Å². The van der Waals surface area contributed by atoms with E-state index in [2.05, 4.69) is 46.7 Å². The average molecular weight is 374 g/mol. The molecule has 5 rings (SSSR count). The quantitative estimate of drug-likeness (QED) is 0.706. The van der Waals surface area contributed by atoms with Crippen molar-refractivity contribution in [1.82, 2.24) is 10.3 Å². The minimum absolute atomic E-state index is 0.314. The van der Waals surface area contributed by atoms with E-state index < -0.39 is 0 Å². The summed E-state index contributed by atoms with van der Waals surface area (Å²) >= 11 is 0. The lowest BCUT2D eigenvalue weighted by Crippen LogP contribution is -2.35. The zero-order valence-electron chi connectivity index (χ0n) is 16.1. The largest absolute Gasteiger partial charge is 0.493 e. The molecule has 0 bridgehead atoms. The minimum atomic E-state index is 0.314. The van der Waals surface area contributed by atoms with Crippen molar-refractivity contribution in [3.05, 3.63) is 66.0 Å². The molecule has 0 atom stereocenters. The first-order chi connectivity index (χ1) is 13.8. The van der Waals surface area contributed by atoms with E-state index in [1.54, 1.807) is 0 Å². The van der Waals surface area contributed by atoms with Crippen LogP contribution >= 0.6 is 0 Å². The Morgan fingerprint density at radius 3 is 2.86 bits per heavy atom. The second-order valence-corrected chi connectivity index (χ2v) is 7.90. The van der Waals surface area contributed by atoms with E-state index in [0.29, 0.717) is 12.1 Å². The summed E-state index contributed by atoms with van der Waals surface area (Å²) in [6, 6.07) is 15.5. The highest BCUT2D eigenvalue weighted by Gasteiger charge is 2.22. The Kier molecular flexibility index (Phi) is 4.88. The predicted octanol–water partition coefficient (Wildman–Crippen LogP) is 4.65. The molecule has 3 aromatic rings. The Morgan fingerprint density at radius 1 is 1.00 bits per heavy atom. The smallest absolute Gasteiger partial charge is 0.122 e. The van der Waals surface area contributed by atoms with Gasteiger partial charge in [-0.3, -0.25) is 4.98 Å². The van der Waals surface area contributed by atoms with Gasteiger partial charge in [-0.1, -0.05) is 12.1 Å². The fraction of sp³-hybridized carbons (Fsp3) is 0.375. The molecule has 0 spiro atoms. The maximum absolute atomic E-state index is 6.26. The first-order valence-corrected chi connectivity index (χ1v) is 10.3. The lowest BCUT2D eigenvalue weighted by Gasteiger charge is -2.29. The van der Waals surface area contributed by atoms with Crippen LogP contribution in [0.4, 0.5) is 0 Å². The summed E-state index contributed by atoms with van der Waals surface area (Å²) in [5, 5.41) is 6.07. The van der Waals surface area contributed by atoms with Crippen LogP contribution in [0.5, 0.6) is 11.5 Å². The van der Waals surface area contributed by atoms with Crippen LogP contribution in [0.15, 0.2) is 54.9 Å². The molecule has 144 valence electrons. The molecule has 28 heavy (non-hydrogen) atoms. The van der Waals surface area contributed by atoms with E-state index in [0.717, 1.165) is 62.1 Å². The number of pyridine rings is 1. The molecule has 1 N–H and O–H groups in total. The van der Waals surface area contributed by atoms with Crippen LogP contribution in [-0.4, -0.2) is 23.7 Å². The molecule has 2 heterocycles. The van der Waals surface area contributed by atoms with Gasteiger partial charge in [0.1, 0.15) is 11.5 Å². The fourth-order valence-electron chi connectivity index (χ4n) is 4.32. The van der Waals surface area contributed by atoms with Gasteiger partial charge in [-0.2, -0.15) is 0 Å². The third-order valence-electron chi connectivity index (χ3n) is 5.94. The van der Waals surface area contributed by atoms with Gasteiger partial charge in [0.25, 0.3) is 0 Å². The zero-order chi connectivity index (χ0) is 18.8. The lowest BCUT2D eigenvalue weighted by molar-refractivity contribution is 0.139. The van der Waals surface area contributed by atoms with Gasteiger partial charge < -0.3 is 14.8 Å². The first-order valence-electron chi connectivity index (χ1n) is 10.3. The zero-order valence-corrected chi connectivity index (χ0v) is 16.1.